The second-order valence-corrected chi connectivity index (χ2v) is 4.45. The van der Waals surface area contributed by atoms with Crippen LogP contribution in [0.15, 0.2) is 24.3 Å². The van der Waals surface area contributed by atoms with Gasteiger partial charge in [0, 0.05) is 25.2 Å². The molecular formula is C14H15N3. The molecular weight excluding hydrogens is 210 g/mol. The summed E-state index contributed by atoms with van der Waals surface area (Å²) in [5, 5.41) is 17.4. The van der Waals surface area contributed by atoms with Crippen LogP contribution in [-0.4, -0.2) is 13.1 Å². The van der Waals surface area contributed by atoms with Gasteiger partial charge >= 0.3 is 0 Å². The van der Waals surface area contributed by atoms with Gasteiger partial charge in [-0.2, -0.15) is 10.5 Å². The molecule has 1 saturated heterocycles. The molecule has 1 heterocycles. The molecule has 17 heavy (non-hydrogen) atoms. The molecule has 86 valence electrons. The fraction of sp³-hybridized carbons (Fsp3) is 0.429. The second-order valence-electron chi connectivity index (χ2n) is 4.45. The van der Waals surface area contributed by atoms with E-state index in [2.05, 4.69) is 17.0 Å². The van der Waals surface area contributed by atoms with E-state index in [1.165, 1.54) is 5.69 Å². The fourth-order valence-electron chi connectivity index (χ4n) is 2.27. The van der Waals surface area contributed by atoms with Crippen LogP contribution >= 0.6 is 0 Å². The first-order valence-corrected chi connectivity index (χ1v) is 5.95. The van der Waals surface area contributed by atoms with Crippen molar-refractivity contribution in [2.24, 2.45) is 5.92 Å². The monoisotopic (exact) mass is 225 g/mol. The summed E-state index contributed by atoms with van der Waals surface area (Å²) in [6, 6.07) is 12.1. The van der Waals surface area contributed by atoms with E-state index in [-0.39, 0.29) is 0 Å². The van der Waals surface area contributed by atoms with E-state index < -0.39 is 0 Å². The number of anilines is 1. The zero-order valence-corrected chi connectivity index (χ0v) is 9.76. The Morgan fingerprint density at radius 3 is 2.29 bits per heavy atom. The third-order valence-corrected chi connectivity index (χ3v) is 3.36. The molecule has 1 aromatic rings. The third-order valence-electron chi connectivity index (χ3n) is 3.36. The lowest BCUT2D eigenvalue weighted by Gasteiger charge is -2.32. The highest BCUT2D eigenvalue weighted by Crippen LogP contribution is 2.24. The highest BCUT2D eigenvalue weighted by Gasteiger charge is 2.18. The van der Waals surface area contributed by atoms with Crippen molar-refractivity contribution in [2.45, 2.75) is 19.3 Å². The largest absolute Gasteiger partial charge is 0.372 e. The topological polar surface area (TPSA) is 50.8 Å². The summed E-state index contributed by atoms with van der Waals surface area (Å²) < 4.78 is 0. The minimum absolute atomic E-state index is 0.564. The molecule has 1 aromatic carbocycles. The van der Waals surface area contributed by atoms with Gasteiger partial charge in [0.25, 0.3) is 0 Å². The molecule has 0 bridgehead atoms. The van der Waals surface area contributed by atoms with Crippen LogP contribution in [0.5, 0.6) is 0 Å². The molecule has 0 N–H and O–H groups in total. The van der Waals surface area contributed by atoms with Gasteiger partial charge < -0.3 is 4.90 Å². The van der Waals surface area contributed by atoms with Crippen LogP contribution in [0.4, 0.5) is 5.69 Å². The average molecular weight is 225 g/mol. The van der Waals surface area contributed by atoms with Crippen LogP contribution in [0.1, 0.15) is 24.8 Å². The van der Waals surface area contributed by atoms with Crippen LogP contribution < -0.4 is 4.90 Å². The summed E-state index contributed by atoms with van der Waals surface area (Å²) in [6.07, 6.45) is 2.86. The van der Waals surface area contributed by atoms with Crippen molar-refractivity contribution in [2.75, 3.05) is 18.0 Å². The summed E-state index contributed by atoms with van der Waals surface area (Å²) in [5.41, 5.74) is 1.88. The number of rotatable bonds is 2. The minimum atomic E-state index is 0.564. The van der Waals surface area contributed by atoms with Gasteiger partial charge in [-0.25, -0.2) is 0 Å². The Balaban J connectivity index is 1.96. The number of nitriles is 2. The molecule has 2 rings (SSSR count). The van der Waals surface area contributed by atoms with E-state index >= 15 is 0 Å². The van der Waals surface area contributed by atoms with Crippen LogP contribution in [0, 0.1) is 28.6 Å². The lowest BCUT2D eigenvalue weighted by molar-refractivity contribution is 0.413. The molecule has 0 radical (unpaired) electrons. The SMILES string of the molecule is N#CCC1CCN(c2ccc(C#N)cc2)CC1. The lowest BCUT2D eigenvalue weighted by atomic mass is 9.94. The van der Waals surface area contributed by atoms with E-state index in [0.29, 0.717) is 17.9 Å². The molecule has 0 spiro atoms. The fourth-order valence-corrected chi connectivity index (χ4v) is 2.27. The molecule has 0 saturated carbocycles. The molecule has 0 aliphatic carbocycles. The molecule has 0 unspecified atom stereocenters. The Morgan fingerprint density at radius 2 is 1.76 bits per heavy atom. The standard InChI is InChI=1S/C14H15N3/c15-8-5-12-6-9-17(10-7-12)14-3-1-13(11-16)2-4-14/h1-4,12H,5-7,9-10H2. The van der Waals surface area contributed by atoms with Gasteiger partial charge in [0.2, 0.25) is 0 Å². The quantitative estimate of drug-likeness (QED) is 0.777. The summed E-state index contributed by atoms with van der Waals surface area (Å²) in [4.78, 5) is 2.33. The summed E-state index contributed by atoms with van der Waals surface area (Å²) >= 11 is 0. The van der Waals surface area contributed by atoms with Crippen molar-refractivity contribution < 1.29 is 0 Å². The van der Waals surface area contributed by atoms with Crippen molar-refractivity contribution in [3.05, 3.63) is 29.8 Å². The molecule has 1 fully saturated rings. The van der Waals surface area contributed by atoms with Gasteiger partial charge in [0.1, 0.15) is 0 Å². The summed E-state index contributed by atoms with van der Waals surface area (Å²) in [6.45, 7) is 2.02. The Kier molecular flexibility index (Phi) is 3.62. The first kappa shape index (κ1) is 11.5. The normalized spacial score (nSPS) is 16.2. The van der Waals surface area contributed by atoms with Gasteiger partial charge in [-0.15, -0.1) is 0 Å². The molecule has 0 atom stereocenters. The maximum absolute atomic E-state index is 8.74. The van der Waals surface area contributed by atoms with Gasteiger partial charge in [-0.3, -0.25) is 0 Å². The first-order valence-electron chi connectivity index (χ1n) is 5.95. The third kappa shape index (κ3) is 2.77. The number of piperidine rings is 1. The minimum Gasteiger partial charge on any atom is -0.372 e. The van der Waals surface area contributed by atoms with E-state index in [1.54, 1.807) is 0 Å². The smallest absolute Gasteiger partial charge is 0.0991 e. The van der Waals surface area contributed by atoms with Crippen LogP contribution in [0.25, 0.3) is 0 Å². The summed E-state index contributed by atoms with van der Waals surface area (Å²) in [5.74, 6) is 0.564. The van der Waals surface area contributed by atoms with Crippen molar-refractivity contribution in [1.82, 2.24) is 0 Å². The van der Waals surface area contributed by atoms with Gasteiger partial charge in [-0.1, -0.05) is 0 Å². The van der Waals surface area contributed by atoms with Crippen molar-refractivity contribution in [3.8, 4) is 12.1 Å². The van der Waals surface area contributed by atoms with E-state index in [9.17, 15) is 0 Å². The average Bonchev–Trinajstić information content (AvgIpc) is 2.40. The van der Waals surface area contributed by atoms with Gasteiger partial charge in [-0.05, 0) is 43.0 Å². The Hall–Kier alpha value is -2.00. The highest BCUT2D eigenvalue weighted by molar-refractivity contribution is 5.49. The summed E-state index contributed by atoms with van der Waals surface area (Å²) in [7, 11) is 0. The van der Waals surface area contributed by atoms with E-state index in [0.717, 1.165) is 25.9 Å². The van der Waals surface area contributed by atoms with Gasteiger partial charge in [0.05, 0.1) is 17.7 Å². The predicted octanol–water partition coefficient (Wildman–Crippen LogP) is 2.69. The Bertz CT molecular complexity index is 442. The molecule has 3 nitrogen and oxygen atoms in total. The Morgan fingerprint density at radius 1 is 1.12 bits per heavy atom. The number of nitrogens with zero attached hydrogens (tertiary/aromatic N) is 3. The molecule has 1 aliphatic rings. The first-order chi connectivity index (χ1) is 8.33. The second kappa shape index (κ2) is 5.37. The van der Waals surface area contributed by atoms with Crippen LogP contribution in [0.3, 0.4) is 0 Å². The predicted molar refractivity (Wildman–Crippen MR) is 66.3 cm³/mol. The lowest BCUT2D eigenvalue weighted by Crippen LogP contribution is -2.33. The van der Waals surface area contributed by atoms with Crippen molar-refractivity contribution in [3.63, 3.8) is 0 Å². The molecule has 1 aliphatic heterocycles. The van der Waals surface area contributed by atoms with Gasteiger partial charge in [0.15, 0.2) is 0 Å². The highest BCUT2D eigenvalue weighted by atomic mass is 15.1. The zero-order valence-electron chi connectivity index (χ0n) is 9.76. The maximum Gasteiger partial charge on any atom is 0.0991 e. The molecule has 0 amide bonds. The van der Waals surface area contributed by atoms with E-state index in [4.69, 9.17) is 10.5 Å². The number of hydrogen-bond acceptors (Lipinski definition) is 3. The van der Waals surface area contributed by atoms with Crippen molar-refractivity contribution in [1.29, 1.82) is 10.5 Å². The Labute approximate surface area is 102 Å². The maximum atomic E-state index is 8.74. The number of hydrogen-bond donors (Lipinski definition) is 0. The molecule has 3 heteroatoms. The van der Waals surface area contributed by atoms with Crippen LogP contribution in [-0.2, 0) is 0 Å². The molecule has 0 aromatic heterocycles. The van der Waals surface area contributed by atoms with Crippen LogP contribution in [0.2, 0.25) is 0 Å². The van der Waals surface area contributed by atoms with Crippen molar-refractivity contribution >= 4 is 5.69 Å². The van der Waals surface area contributed by atoms with E-state index in [1.807, 2.05) is 24.3 Å². The number of benzene rings is 1. The zero-order chi connectivity index (χ0) is 12.1.